The van der Waals surface area contributed by atoms with E-state index in [0.29, 0.717) is 6.07 Å². The minimum atomic E-state index is -5.53. The Balaban J connectivity index is 1.83. The molecule has 1 aromatic heterocycles. The van der Waals surface area contributed by atoms with E-state index in [2.05, 4.69) is 9.97 Å². The van der Waals surface area contributed by atoms with Crippen LogP contribution < -0.4 is 21.7 Å². The monoisotopic (exact) mass is 678 g/mol. The lowest BCUT2D eigenvalue weighted by Gasteiger charge is -2.13. The molecule has 6 N–H and O–H groups in total. The minimum absolute atomic E-state index is 0.174. The fourth-order valence-corrected chi connectivity index (χ4v) is 7.27. The van der Waals surface area contributed by atoms with Gasteiger partial charge in [0.1, 0.15) is 38.7 Å². The molecule has 0 aliphatic carbocycles. The number of aromatic nitrogens is 2. The molecule has 7 rings (SSSR count). The maximum atomic E-state index is 13.8. The molecule has 0 amide bonds. The molecular formula is C29H14N2O14S2. The smallest absolute Gasteiger partial charge is 0.300 e. The van der Waals surface area contributed by atoms with Gasteiger partial charge in [0.25, 0.3) is 10.1 Å². The van der Waals surface area contributed by atoms with E-state index >= 15 is 0 Å². The Hall–Kier alpha value is -5.82. The Morgan fingerprint density at radius 1 is 0.553 bits per heavy atom. The predicted molar refractivity (Wildman–Crippen MR) is 166 cm³/mol. The number of phenols is 4. The summed E-state index contributed by atoms with van der Waals surface area (Å²) in [7, 11) is -10.7. The van der Waals surface area contributed by atoms with Crippen LogP contribution in [0.4, 0.5) is 0 Å². The molecule has 18 heteroatoms. The summed E-state index contributed by atoms with van der Waals surface area (Å²) in [6.07, 6.45) is 0. The molecule has 0 spiro atoms. The molecule has 1 heterocycles. The number of hydrogen-bond acceptors (Lipinski definition) is 14. The molecular weight excluding hydrogens is 664 g/mol. The standard InChI is InChI=1S/C29H14N2O14S2/c1-7-2-3-8-13(22(7)33)26(37)17-18(24(8)35)28(39)29(47(43,44)45)21-20(17)30-10-6-11(32)15-16(19(10)31-21)27(38)14-9(23(15)34)4-5-12(25(14)36)46(40,41)42/h2-6,32-33,36,39H,1H3,(H,40,41,42)(H,43,44,45). The molecule has 0 saturated carbocycles. The minimum Gasteiger partial charge on any atom is -0.507 e. The molecule has 0 aliphatic heterocycles. The third-order valence-corrected chi connectivity index (χ3v) is 9.79. The van der Waals surface area contributed by atoms with Crippen LogP contribution >= 0.6 is 0 Å². The molecule has 236 valence electrons. The van der Waals surface area contributed by atoms with Crippen molar-refractivity contribution in [3.8, 4) is 23.0 Å². The van der Waals surface area contributed by atoms with Crippen LogP contribution in [0.25, 0.3) is 65.2 Å². The molecule has 0 unspecified atom stereocenters. The first-order valence-corrected chi connectivity index (χ1v) is 15.8. The van der Waals surface area contributed by atoms with E-state index in [1.807, 2.05) is 0 Å². The summed E-state index contributed by atoms with van der Waals surface area (Å²) in [5.41, 5.74) is -7.49. The maximum Gasteiger partial charge on any atom is 0.300 e. The first kappa shape index (κ1) is 29.9. The van der Waals surface area contributed by atoms with Crippen molar-refractivity contribution in [2.45, 2.75) is 16.7 Å². The Kier molecular flexibility index (Phi) is 5.80. The first-order chi connectivity index (χ1) is 21.9. The summed E-state index contributed by atoms with van der Waals surface area (Å²) in [5, 5.41) is 37.6. The van der Waals surface area contributed by atoms with Gasteiger partial charge in [0, 0.05) is 16.8 Å². The molecule has 16 nitrogen and oxygen atoms in total. The van der Waals surface area contributed by atoms with E-state index < -0.39 is 140 Å². The number of aryl methyl sites for hydroxylation is 1. The number of aromatic hydroxyl groups is 4. The lowest BCUT2D eigenvalue weighted by molar-refractivity contribution is 0.446. The zero-order valence-corrected chi connectivity index (χ0v) is 24.7. The van der Waals surface area contributed by atoms with Crippen LogP contribution in [0.1, 0.15) is 5.56 Å². The molecule has 0 radical (unpaired) electrons. The molecule has 7 aromatic rings. The number of rotatable bonds is 2. The van der Waals surface area contributed by atoms with Crippen LogP contribution in [0, 0.1) is 6.92 Å². The fraction of sp³-hybridized carbons (Fsp3) is 0.0345. The lowest BCUT2D eigenvalue weighted by Crippen LogP contribution is -2.17. The normalized spacial score (nSPS) is 12.7. The van der Waals surface area contributed by atoms with Gasteiger partial charge in [-0.15, -0.1) is 0 Å². The summed E-state index contributed by atoms with van der Waals surface area (Å²) in [6, 6.07) is 4.70. The van der Waals surface area contributed by atoms with Gasteiger partial charge in [0.05, 0.1) is 37.8 Å². The number of phenolic OH excluding ortho intramolecular Hbond substituents is 4. The Morgan fingerprint density at radius 3 is 1.70 bits per heavy atom. The second-order valence-electron chi connectivity index (χ2n) is 10.6. The van der Waals surface area contributed by atoms with Crippen molar-refractivity contribution in [1.29, 1.82) is 0 Å². The highest BCUT2D eigenvalue weighted by atomic mass is 32.2. The third kappa shape index (κ3) is 3.80. The second kappa shape index (κ2) is 9.13. The summed E-state index contributed by atoms with van der Waals surface area (Å²) < 4.78 is 68.5. The molecule has 0 atom stereocenters. The van der Waals surface area contributed by atoms with E-state index in [0.717, 1.165) is 18.2 Å². The highest BCUT2D eigenvalue weighted by Crippen LogP contribution is 2.40. The highest BCUT2D eigenvalue weighted by Gasteiger charge is 2.31. The third-order valence-electron chi connectivity index (χ3n) is 8.00. The van der Waals surface area contributed by atoms with Crippen molar-refractivity contribution in [2.75, 3.05) is 0 Å². The van der Waals surface area contributed by atoms with E-state index in [4.69, 9.17) is 0 Å². The van der Waals surface area contributed by atoms with Gasteiger partial charge in [-0.3, -0.25) is 28.3 Å². The van der Waals surface area contributed by atoms with Gasteiger partial charge < -0.3 is 20.4 Å². The quantitative estimate of drug-likeness (QED) is 0.0854. The van der Waals surface area contributed by atoms with Crippen LogP contribution in [-0.2, 0) is 20.2 Å². The fourth-order valence-electron chi connectivity index (χ4n) is 5.95. The lowest BCUT2D eigenvalue weighted by atomic mass is 9.97. The summed E-state index contributed by atoms with van der Waals surface area (Å²) >= 11 is 0. The van der Waals surface area contributed by atoms with Crippen molar-refractivity contribution >= 4 is 85.4 Å². The maximum absolute atomic E-state index is 13.8. The van der Waals surface area contributed by atoms with Gasteiger partial charge in [0.2, 0.25) is 10.9 Å². The van der Waals surface area contributed by atoms with E-state index in [1.54, 1.807) is 0 Å². The van der Waals surface area contributed by atoms with Crippen LogP contribution in [0.3, 0.4) is 0 Å². The SMILES string of the molecule is Cc1ccc2c(=O)c3c(O)c(S(=O)(=O)O)c4nc5c(cc(O)c6c(=O)c7ccc(S(=O)(=O)O)c(O)c7c(=O)c65)nc4c3c(=O)c2c1O. The zero-order valence-electron chi connectivity index (χ0n) is 23.0. The molecule has 47 heavy (non-hydrogen) atoms. The van der Waals surface area contributed by atoms with Crippen molar-refractivity contribution < 1.29 is 46.4 Å². The summed E-state index contributed by atoms with van der Waals surface area (Å²) in [5.74, 6) is -4.26. The molecule has 6 aromatic carbocycles. The van der Waals surface area contributed by atoms with Crippen LogP contribution in [-0.4, -0.2) is 56.3 Å². The van der Waals surface area contributed by atoms with E-state index in [-0.39, 0.29) is 5.56 Å². The van der Waals surface area contributed by atoms with Crippen LogP contribution in [0.5, 0.6) is 23.0 Å². The Labute approximate surface area is 257 Å². The second-order valence-corrected chi connectivity index (χ2v) is 13.4. The van der Waals surface area contributed by atoms with Crippen molar-refractivity contribution in [3.63, 3.8) is 0 Å². The van der Waals surface area contributed by atoms with Crippen molar-refractivity contribution in [2.24, 2.45) is 0 Å². The Morgan fingerprint density at radius 2 is 1.11 bits per heavy atom. The van der Waals surface area contributed by atoms with Crippen LogP contribution in [0.15, 0.2) is 59.3 Å². The number of fused-ring (bicyclic) bond motifs is 8. The van der Waals surface area contributed by atoms with Crippen LogP contribution in [0.2, 0.25) is 0 Å². The highest BCUT2D eigenvalue weighted by molar-refractivity contribution is 7.86. The molecule has 0 bridgehead atoms. The van der Waals surface area contributed by atoms with Gasteiger partial charge in [-0.25, -0.2) is 9.97 Å². The van der Waals surface area contributed by atoms with Gasteiger partial charge >= 0.3 is 10.1 Å². The van der Waals surface area contributed by atoms with Gasteiger partial charge in [-0.1, -0.05) is 6.07 Å². The van der Waals surface area contributed by atoms with Gasteiger partial charge in [-0.05, 0) is 30.7 Å². The van der Waals surface area contributed by atoms with Crippen molar-refractivity contribution in [3.05, 3.63) is 76.8 Å². The molecule has 0 fully saturated rings. The average molecular weight is 679 g/mol. The largest absolute Gasteiger partial charge is 0.507 e. The summed E-state index contributed by atoms with van der Waals surface area (Å²) in [4.78, 5) is 60.3. The van der Waals surface area contributed by atoms with Gasteiger partial charge in [-0.2, -0.15) is 16.8 Å². The summed E-state index contributed by atoms with van der Waals surface area (Å²) in [6.45, 7) is 1.42. The van der Waals surface area contributed by atoms with Gasteiger partial charge in [0.15, 0.2) is 21.5 Å². The number of benzene rings is 6. The predicted octanol–water partition coefficient (Wildman–Crippen LogP) is 1.34. The number of nitrogens with zero attached hydrogens (tertiary/aromatic N) is 2. The molecule has 0 saturated heterocycles. The molecule has 0 aliphatic rings. The number of hydrogen-bond donors (Lipinski definition) is 6. The van der Waals surface area contributed by atoms with E-state index in [9.17, 15) is 65.5 Å². The van der Waals surface area contributed by atoms with Crippen molar-refractivity contribution in [1.82, 2.24) is 9.97 Å². The Bertz CT molecular complexity index is 3150. The zero-order chi connectivity index (χ0) is 34.2. The van der Waals surface area contributed by atoms with E-state index in [1.165, 1.54) is 13.0 Å². The topological polar surface area (TPSA) is 284 Å². The first-order valence-electron chi connectivity index (χ1n) is 12.9. The average Bonchev–Trinajstić information content (AvgIpc) is 2.96.